The van der Waals surface area contributed by atoms with Gasteiger partial charge in [0.2, 0.25) is 0 Å². The first kappa shape index (κ1) is 22.9. The van der Waals surface area contributed by atoms with E-state index in [9.17, 15) is 13.2 Å². The molecule has 0 aliphatic carbocycles. The Labute approximate surface area is 174 Å². The molecule has 1 amide bonds. The van der Waals surface area contributed by atoms with Crippen LogP contribution in [0.1, 0.15) is 35.3 Å². The predicted octanol–water partition coefficient (Wildman–Crippen LogP) is 3.42. The standard InChI is InChI=1S/C22H31N3O3S/c1-16-7-8-17(2)20(13-16)29(27,28)24-19-11-9-18(10-12-19)21(26)23-14-22(3,4)15-25(5)6/h7-13,24H,14-15H2,1-6H3,(H,23,26). The Morgan fingerprint density at radius 2 is 1.66 bits per heavy atom. The number of hydrogen-bond acceptors (Lipinski definition) is 4. The molecule has 0 spiro atoms. The molecular formula is C22H31N3O3S. The molecule has 0 bridgehead atoms. The van der Waals surface area contributed by atoms with E-state index in [1.54, 1.807) is 43.3 Å². The second-order valence-electron chi connectivity index (χ2n) is 8.54. The van der Waals surface area contributed by atoms with Crippen LogP contribution in [-0.4, -0.2) is 46.4 Å². The molecular weight excluding hydrogens is 386 g/mol. The minimum atomic E-state index is -3.70. The molecule has 0 fully saturated rings. The van der Waals surface area contributed by atoms with Gasteiger partial charge in [0.15, 0.2) is 0 Å². The summed E-state index contributed by atoms with van der Waals surface area (Å²) in [5, 5.41) is 2.95. The van der Waals surface area contributed by atoms with Crippen LogP contribution in [0.5, 0.6) is 0 Å². The lowest BCUT2D eigenvalue weighted by Gasteiger charge is -2.28. The average molecular weight is 418 g/mol. The molecule has 0 radical (unpaired) electrons. The summed E-state index contributed by atoms with van der Waals surface area (Å²) in [5.41, 5.74) is 2.40. The second kappa shape index (κ2) is 8.97. The lowest BCUT2D eigenvalue weighted by molar-refractivity contribution is 0.0929. The molecule has 0 atom stereocenters. The molecule has 0 aromatic heterocycles. The van der Waals surface area contributed by atoms with Crippen molar-refractivity contribution in [2.24, 2.45) is 5.41 Å². The van der Waals surface area contributed by atoms with Crippen LogP contribution >= 0.6 is 0 Å². The van der Waals surface area contributed by atoms with E-state index in [0.29, 0.717) is 23.4 Å². The fraction of sp³-hybridized carbons (Fsp3) is 0.409. The number of amides is 1. The Bertz CT molecular complexity index is 965. The van der Waals surface area contributed by atoms with Gasteiger partial charge in [-0.3, -0.25) is 9.52 Å². The molecule has 2 aromatic carbocycles. The molecule has 7 heteroatoms. The Kier molecular flexibility index (Phi) is 7.08. The molecule has 6 nitrogen and oxygen atoms in total. The van der Waals surface area contributed by atoms with Gasteiger partial charge in [-0.1, -0.05) is 26.0 Å². The van der Waals surface area contributed by atoms with E-state index in [-0.39, 0.29) is 16.2 Å². The lowest BCUT2D eigenvalue weighted by Crippen LogP contribution is -2.39. The highest BCUT2D eigenvalue weighted by Crippen LogP contribution is 2.21. The van der Waals surface area contributed by atoms with Crippen LogP contribution in [0, 0.1) is 19.3 Å². The van der Waals surface area contributed by atoms with E-state index in [4.69, 9.17) is 0 Å². The first-order chi connectivity index (χ1) is 13.4. The Hall–Kier alpha value is -2.38. The van der Waals surface area contributed by atoms with Gasteiger partial charge in [0.25, 0.3) is 15.9 Å². The van der Waals surface area contributed by atoms with Crippen molar-refractivity contribution in [2.75, 3.05) is 31.9 Å². The van der Waals surface area contributed by atoms with Crippen LogP contribution in [0.3, 0.4) is 0 Å². The molecule has 0 aliphatic heterocycles. The van der Waals surface area contributed by atoms with Crippen LogP contribution in [0.15, 0.2) is 47.4 Å². The van der Waals surface area contributed by atoms with Gasteiger partial charge < -0.3 is 10.2 Å². The molecule has 2 N–H and O–H groups in total. The summed E-state index contributed by atoms with van der Waals surface area (Å²) in [7, 11) is 0.307. The van der Waals surface area contributed by atoms with Crippen LogP contribution in [-0.2, 0) is 10.0 Å². The maximum atomic E-state index is 12.7. The van der Waals surface area contributed by atoms with Crippen LogP contribution in [0.4, 0.5) is 5.69 Å². The summed E-state index contributed by atoms with van der Waals surface area (Å²) in [4.78, 5) is 14.8. The Balaban J connectivity index is 2.06. The largest absolute Gasteiger partial charge is 0.351 e. The number of carbonyl (C=O) groups excluding carboxylic acids is 1. The van der Waals surface area contributed by atoms with Gasteiger partial charge in [-0.15, -0.1) is 0 Å². The monoisotopic (exact) mass is 417 g/mol. The molecule has 29 heavy (non-hydrogen) atoms. The fourth-order valence-electron chi connectivity index (χ4n) is 3.23. The quantitative estimate of drug-likeness (QED) is 0.690. The second-order valence-corrected chi connectivity index (χ2v) is 10.2. The molecule has 0 saturated heterocycles. The maximum Gasteiger partial charge on any atom is 0.262 e. The fourth-order valence-corrected chi connectivity index (χ4v) is 4.62. The van der Waals surface area contributed by atoms with Gasteiger partial charge in [0.1, 0.15) is 0 Å². The molecule has 2 rings (SSSR count). The molecule has 0 saturated carbocycles. The molecule has 0 unspecified atom stereocenters. The zero-order valence-electron chi connectivity index (χ0n) is 18.0. The van der Waals surface area contributed by atoms with Gasteiger partial charge in [0.05, 0.1) is 4.90 Å². The smallest absolute Gasteiger partial charge is 0.262 e. The van der Waals surface area contributed by atoms with E-state index in [1.165, 1.54) is 0 Å². The van der Waals surface area contributed by atoms with Crippen molar-refractivity contribution in [2.45, 2.75) is 32.6 Å². The first-order valence-electron chi connectivity index (χ1n) is 9.53. The number of aryl methyl sites for hydroxylation is 2. The summed E-state index contributed by atoms with van der Waals surface area (Å²) in [6.45, 7) is 9.21. The zero-order valence-corrected chi connectivity index (χ0v) is 18.9. The minimum absolute atomic E-state index is 0.0551. The number of nitrogens with zero attached hydrogens (tertiary/aromatic N) is 1. The number of nitrogens with one attached hydrogen (secondary N) is 2. The van der Waals surface area contributed by atoms with E-state index in [1.807, 2.05) is 27.1 Å². The van der Waals surface area contributed by atoms with E-state index < -0.39 is 10.0 Å². The van der Waals surface area contributed by atoms with Crippen LogP contribution in [0.25, 0.3) is 0 Å². The zero-order chi connectivity index (χ0) is 21.8. The van der Waals surface area contributed by atoms with Crippen LogP contribution in [0.2, 0.25) is 0 Å². The number of anilines is 1. The summed E-state index contributed by atoms with van der Waals surface area (Å²) < 4.78 is 28.0. The average Bonchev–Trinajstić information content (AvgIpc) is 2.61. The van der Waals surface area contributed by atoms with Gasteiger partial charge in [0, 0.05) is 24.3 Å². The number of rotatable bonds is 8. The van der Waals surface area contributed by atoms with Gasteiger partial charge in [-0.2, -0.15) is 0 Å². The first-order valence-corrected chi connectivity index (χ1v) is 11.0. The summed E-state index contributed by atoms with van der Waals surface area (Å²) in [5.74, 6) is -0.180. The maximum absolute atomic E-state index is 12.7. The third kappa shape index (κ3) is 6.58. The predicted molar refractivity (Wildman–Crippen MR) is 118 cm³/mol. The van der Waals surface area contributed by atoms with Crippen molar-refractivity contribution in [3.63, 3.8) is 0 Å². The number of carbonyl (C=O) groups is 1. The van der Waals surface area contributed by atoms with Crippen LogP contribution < -0.4 is 10.0 Å². The van der Waals surface area contributed by atoms with Crippen molar-refractivity contribution in [3.8, 4) is 0 Å². The summed E-state index contributed by atoms with van der Waals surface area (Å²) in [6, 6.07) is 11.8. The molecule has 0 heterocycles. The van der Waals surface area contributed by atoms with Gasteiger partial charge in [-0.05, 0) is 74.8 Å². The van der Waals surface area contributed by atoms with E-state index in [0.717, 1.165) is 12.1 Å². The molecule has 0 aliphatic rings. The highest BCUT2D eigenvalue weighted by atomic mass is 32.2. The number of sulfonamides is 1. The third-order valence-corrected chi connectivity index (χ3v) is 6.03. The Morgan fingerprint density at radius 3 is 2.24 bits per heavy atom. The normalized spacial score (nSPS) is 12.1. The van der Waals surface area contributed by atoms with E-state index in [2.05, 4.69) is 28.8 Å². The minimum Gasteiger partial charge on any atom is -0.351 e. The molecule has 2 aromatic rings. The third-order valence-electron chi connectivity index (χ3n) is 4.50. The highest BCUT2D eigenvalue weighted by Gasteiger charge is 2.21. The number of benzene rings is 2. The van der Waals surface area contributed by atoms with Gasteiger partial charge >= 0.3 is 0 Å². The van der Waals surface area contributed by atoms with Crippen molar-refractivity contribution in [3.05, 3.63) is 59.2 Å². The lowest BCUT2D eigenvalue weighted by atomic mass is 9.93. The topological polar surface area (TPSA) is 78.5 Å². The van der Waals surface area contributed by atoms with Crippen molar-refractivity contribution in [1.29, 1.82) is 0 Å². The van der Waals surface area contributed by atoms with Crippen molar-refractivity contribution >= 4 is 21.6 Å². The summed E-state index contributed by atoms with van der Waals surface area (Å²) in [6.07, 6.45) is 0. The van der Waals surface area contributed by atoms with E-state index >= 15 is 0 Å². The SMILES string of the molecule is Cc1ccc(C)c(S(=O)(=O)Nc2ccc(C(=O)NCC(C)(C)CN(C)C)cc2)c1. The number of hydrogen-bond donors (Lipinski definition) is 2. The summed E-state index contributed by atoms with van der Waals surface area (Å²) >= 11 is 0. The highest BCUT2D eigenvalue weighted by molar-refractivity contribution is 7.92. The van der Waals surface area contributed by atoms with Gasteiger partial charge in [-0.25, -0.2) is 8.42 Å². The van der Waals surface area contributed by atoms with Crippen molar-refractivity contribution in [1.82, 2.24) is 10.2 Å². The molecule has 158 valence electrons. The Morgan fingerprint density at radius 1 is 1.03 bits per heavy atom. The van der Waals surface area contributed by atoms with Crippen molar-refractivity contribution < 1.29 is 13.2 Å².